The normalized spacial score (nSPS) is 10.2. The van der Waals surface area contributed by atoms with Gasteiger partial charge < -0.3 is 15.2 Å². The van der Waals surface area contributed by atoms with Gasteiger partial charge in [0.2, 0.25) is 0 Å². The maximum Gasteiger partial charge on any atom is 0.138 e. The van der Waals surface area contributed by atoms with Crippen molar-refractivity contribution in [1.29, 1.82) is 0 Å². The quantitative estimate of drug-likeness (QED) is 0.792. The van der Waals surface area contributed by atoms with Crippen molar-refractivity contribution in [3.05, 3.63) is 35.6 Å². The highest BCUT2D eigenvalue weighted by Gasteiger charge is 2.06. The molecule has 116 valence electrons. The molecule has 0 unspecified atom stereocenters. The van der Waals surface area contributed by atoms with Crippen molar-refractivity contribution < 1.29 is 9.47 Å². The molecular weight excluding hydrogens is 313 g/mol. The zero-order chi connectivity index (χ0) is 14.4. The van der Waals surface area contributed by atoms with Crippen LogP contribution in [0.3, 0.4) is 0 Å². The lowest BCUT2D eigenvalue weighted by atomic mass is 10.1. The third kappa shape index (κ3) is 4.89. The van der Waals surface area contributed by atoms with Crippen molar-refractivity contribution in [2.45, 2.75) is 6.54 Å². The largest absolute Gasteiger partial charge is 0.490 e. The summed E-state index contributed by atoms with van der Waals surface area (Å²) >= 11 is 6.21. The van der Waals surface area contributed by atoms with Crippen molar-refractivity contribution in [1.82, 2.24) is 9.78 Å². The van der Waals surface area contributed by atoms with Gasteiger partial charge in [-0.15, -0.1) is 12.4 Å². The van der Waals surface area contributed by atoms with Crippen molar-refractivity contribution in [2.75, 3.05) is 26.9 Å². The van der Waals surface area contributed by atoms with E-state index in [1.165, 1.54) is 0 Å². The Kier molecular flexibility index (Phi) is 7.53. The monoisotopic (exact) mass is 331 g/mol. The van der Waals surface area contributed by atoms with Crippen LogP contribution in [-0.4, -0.2) is 36.6 Å². The Morgan fingerprint density at radius 2 is 2.10 bits per heavy atom. The second-order valence-corrected chi connectivity index (χ2v) is 4.67. The zero-order valence-corrected chi connectivity index (χ0v) is 13.4. The summed E-state index contributed by atoms with van der Waals surface area (Å²) in [5.41, 5.74) is 7.50. The fourth-order valence-electron chi connectivity index (χ4n) is 1.80. The molecule has 0 saturated carbocycles. The number of hydrogen-bond acceptors (Lipinski definition) is 4. The molecular formula is C14H19Cl2N3O2. The summed E-state index contributed by atoms with van der Waals surface area (Å²) in [6.07, 6.45) is 3.75. The van der Waals surface area contributed by atoms with E-state index in [0.29, 0.717) is 37.1 Å². The predicted molar refractivity (Wildman–Crippen MR) is 86.3 cm³/mol. The number of methoxy groups -OCH3 is 1. The number of ether oxygens (including phenoxy) is 2. The molecule has 0 aliphatic rings. The molecule has 1 heterocycles. The average molecular weight is 332 g/mol. The van der Waals surface area contributed by atoms with E-state index in [2.05, 4.69) is 5.10 Å². The first-order valence-electron chi connectivity index (χ1n) is 6.38. The summed E-state index contributed by atoms with van der Waals surface area (Å²) in [7, 11) is 1.63. The fourth-order valence-corrected chi connectivity index (χ4v) is 2.03. The molecule has 0 spiro atoms. The number of halogens is 2. The Bertz CT molecular complexity index is 561. The summed E-state index contributed by atoms with van der Waals surface area (Å²) < 4.78 is 12.3. The van der Waals surface area contributed by atoms with E-state index in [0.717, 1.165) is 11.1 Å². The molecule has 7 heteroatoms. The van der Waals surface area contributed by atoms with Crippen molar-refractivity contribution in [3.63, 3.8) is 0 Å². The van der Waals surface area contributed by atoms with Gasteiger partial charge in [-0.2, -0.15) is 5.10 Å². The summed E-state index contributed by atoms with van der Waals surface area (Å²) in [4.78, 5) is 0. The van der Waals surface area contributed by atoms with Gasteiger partial charge in [0.15, 0.2) is 0 Å². The van der Waals surface area contributed by atoms with E-state index in [1.807, 2.05) is 29.1 Å². The number of nitrogens with zero attached hydrogens (tertiary/aromatic N) is 2. The summed E-state index contributed by atoms with van der Waals surface area (Å²) in [5, 5.41) is 4.82. The minimum atomic E-state index is 0. The van der Waals surface area contributed by atoms with Crippen LogP contribution in [0.15, 0.2) is 30.6 Å². The highest BCUT2D eigenvalue weighted by molar-refractivity contribution is 6.32. The lowest BCUT2D eigenvalue weighted by Gasteiger charge is -2.08. The second-order valence-electron chi connectivity index (χ2n) is 4.27. The average Bonchev–Trinajstić information content (AvgIpc) is 2.90. The molecule has 2 aromatic rings. The minimum Gasteiger partial charge on any atom is -0.490 e. The van der Waals surface area contributed by atoms with Crippen molar-refractivity contribution in [3.8, 4) is 16.9 Å². The van der Waals surface area contributed by atoms with E-state index in [1.54, 1.807) is 13.3 Å². The maximum absolute atomic E-state index is 6.21. The van der Waals surface area contributed by atoms with Crippen LogP contribution in [0.1, 0.15) is 0 Å². The lowest BCUT2D eigenvalue weighted by molar-refractivity contribution is 0.146. The number of nitrogens with two attached hydrogens (primary N) is 1. The first kappa shape index (κ1) is 17.8. The van der Waals surface area contributed by atoms with Gasteiger partial charge in [0.25, 0.3) is 0 Å². The van der Waals surface area contributed by atoms with Gasteiger partial charge in [0, 0.05) is 25.4 Å². The molecule has 5 nitrogen and oxygen atoms in total. The van der Waals surface area contributed by atoms with Gasteiger partial charge in [-0.3, -0.25) is 4.68 Å². The van der Waals surface area contributed by atoms with E-state index in [4.69, 9.17) is 26.8 Å². The Morgan fingerprint density at radius 1 is 1.29 bits per heavy atom. The van der Waals surface area contributed by atoms with Gasteiger partial charge in [0.05, 0.1) is 24.4 Å². The molecule has 0 amide bonds. The van der Waals surface area contributed by atoms with Crippen LogP contribution < -0.4 is 10.5 Å². The molecule has 1 aromatic carbocycles. The number of rotatable bonds is 7. The van der Waals surface area contributed by atoms with Gasteiger partial charge in [-0.25, -0.2) is 0 Å². The highest BCUT2D eigenvalue weighted by Crippen LogP contribution is 2.30. The van der Waals surface area contributed by atoms with Crippen molar-refractivity contribution in [2.24, 2.45) is 5.73 Å². The number of aromatic nitrogens is 2. The SMILES string of the molecule is COCCOc1ccc(-c2cnn(CCN)c2)cc1Cl.Cl. The number of hydrogen-bond donors (Lipinski definition) is 1. The third-order valence-corrected chi connectivity index (χ3v) is 3.10. The van der Waals surface area contributed by atoms with Crippen molar-refractivity contribution >= 4 is 24.0 Å². The minimum absolute atomic E-state index is 0. The molecule has 0 radical (unpaired) electrons. The Labute approximate surface area is 135 Å². The second kappa shape index (κ2) is 8.89. The molecule has 0 fully saturated rings. The highest BCUT2D eigenvalue weighted by atomic mass is 35.5. The maximum atomic E-state index is 6.21. The standard InChI is InChI=1S/C14H18ClN3O2.ClH/c1-19-6-7-20-14-3-2-11(8-13(14)15)12-9-17-18(10-12)5-4-16;/h2-3,8-10H,4-7,16H2,1H3;1H. The van der Waals surface area contributed by atoms with E-state index < -0.39 is 0 Å². The Morgan fingerprint density at radius 3 is 2.76 bits per heavy atom. The fraction of sp³-hybridized carbons (Fsp3) is 0.357. The van der Waals surface area contributed by atoms with E-state index in [9.17, 15) is 0 Å². The topological polar surface area (TPSA) is 62.3 Å². The summed E-state index contributed by atoms with van der Waals surface area (Å²) in [6, 6.07) is 5.68. The van der Waals surface area contributed by atoms with Crippen LogP contribution in [0.2, 0.25) is 5.02 Å². The third-order valence-electron chi connectivity index (χ3n) is 2.80. The van der Waals surface area contributed by atoms with Crippen LogP contribution in [0.25, 0.3) is 11.1 Å². The van der Waals surface area contributed by atoms with E-state index >= 15 is 0 Å². The molecule has 2 rings (SSSR count). The van der Waals surface area contributed by atoms with Crippen LogP contribution >= 0.6 is 24.0 Å². The van der Waals surface area contributed by atoms with E-state index in [-0.39, 0.29) is 12.4 Å². The van der Waals surface area contributed by atoms with Gasteiger partial charge in [-0.1, -0.05) is 17.7 Å². The van der Waals surface area contributed by atoms with Gasteiger partial charge >= 0.3 is 0 Å². The molecule has 21 heavy (non-hydrogen) atoms. The van der Waals surface area contributed by atoms with Gasteiger partial charge in [0.1, 0.15) is 12.4 Å². The van der Waals surface area contributed by atoms with Crippen LogP contribution in [-0.2, 0) is 11.3 Å². The summed E-state index contributed by atoms with van der Waals surface area (Å²) in [5.74, 6) is 0.654. The van der Waals surface area contributed by atoms with Gasteiger partial charge in [-0.05, 0) is 17.7 Å². The number of benzene rings is 1. The lowest BCUT2D eigenvalue weighted by Crippen LogP contribution is -2.09. The predicted octanol–water partition coefficient (Wildman–Crippen LogP) is 2.61. The van der Waals surface area contributed by atoms with Crippen LogP contribution in [0.4, 0.5) is 0 Å². The molecule has 0 bridgehead atoms. The zero-order valence-electron chi connectivity index (χ0n) is 11.8. The molecule has 0 atom stereocenters. The Balaban J connectivity index is 0.00000220. The molecule has 2 N–H and O–H groups in total. The Hall–Kier alpha value is -1.27. The summed E-state index contributed by atoms with van der Waals surface area (Å²) in [6.45, 7) is 2.27. The molecule has 0 aliphatic carbocycles. The van der Waals surface area contributed by atoms with Crippen LogP contribution in [0, 0.1) is 0 Å². The first-order chi connectivity index (χ1) is 9.74. The molecule has 0 saturated heterocycles. The smallest absolute Gasteiger partial charge is 0.138 e. The first-order valence-corrected chi connectivity index (χ1v) is 6.76. The van der Waals surface area contributed by atoms with Crippen LogP contribution in [0.5, 0.6) is 5.75 Å². The molecule has 0 aliphatic heterocycles. The molecule has 1 aromatic heterocycles.